The van der Waals surface area contributed by atoms with Crippen molar-refractivity contribution in [3.63, 3.8) is 0 Å². The van der Waals surface area contributed by atoms with E-state index in [9.17, 15) is 9.59 Å². The first kappa shape index (κ1) is 17.4. The highest BCUT2D eigenvalue weighted by molar-refractivity contribution is 6.05. The van der Waals surface area contributed by atoms with Crippen LogP contribution in [0.4, 0.5) is 11.4 Å². The van der Waals surface area contributed by atoms with Crippen LogP contribution in [0.25, 0.3) is 11.4 Å². The summed E-state index contributed by atoms with van der Waals surface area (Å²) < 4.78 is 10.7. The Morgan fingerprint density at radius 2 is 2.03 bits per heavy atom. The van der Waals surface area contributed by atoms with Crippen LogP contribution < -0.4 is 15.0 Å². The van der Waals surface area contributed by atoms with Gasteiger partial charge in [0, 0.05) is 17.2 Å². The van der Waals surface area contributed by atoms with Crippen LogP contribution in [0.3, 0.4) is 0 Å². The lowest BCUT2D eigenvalue weighted by Gasteiger charge is -2.28. The number of aromatic nitrogens is 2. The molecule has 0 bridgehead atoms. The number of carbonyl (C=O) groups excluding carboxylic acids is 2. The third-order valence-electron chi connectivity index (χ3n) is 4.88. The summed E-state index contributed by atoms with van der Waals surface area (Å²) in [5.41, 5.74) is 1.94. The summed E-state index contributed by atoms with van der Waals surface area (Å²) in [7, 11) is 0. The molecule has 2 aromatic carbocycles. The molecule has 3 aromatic rings. The Labute approximate surface area is 166 Å². The average molecular weight is 390 g/mol. The van der Waals surface area contributed by atoms with Crippen molar-refractivity contribution in [3.05, 3.63) is 54.4 Å². The van der Waals surface area contributed by atoms with Gasteiger partial charge in [-0.1, -0.05) is 29.4 Å². The number of fused-ring (bicyclic) bond motifs is 1. The molecule has 8 heteroatoms. The maximum Gasteiger partial charge on any atom is 0.265 e. The van der Waals surface area contributed by atoms with Crippen LogP contribution in [-0.4, -0.2) is 35.1 Å². The number of carbonyl (C=O) groups is 2. The molecular weight excluding hydrogens is 372 g/mol. The van der Waals surface area contributed by atoms with Crippen molar-refractivity contribution >= 4 is 23.2 Å². The number of benzene rings is 2. The van der Waals surface area contributed by atoms with Crippen LogP contribution in [0, 0.1) is 0 Å². The second-order valence-corrected chi connectivity index (χ2v) is 7.10. The molecule has 0 atom stereocenters. The number of ether oxygens (including phenoxy) is 1. The molecule has 0 radical (unpaired) electrons. The van der Waals surface area contributed by atoms with E-state index in [-0.39, 0.29) is 25.0 Å². The minimum atomic E-state index is -0.306. The maximum absolute atomic E-state index is 12.6. The largest absolute Gasteiger partial charge is 0.482 e. The molecule has 1 aromatic heterocycles. The summed E-state index contributed by atoms with van der Waals surface area (Å²) in [5.74, 6) is 1.57. The Hall–Kier alpha value is -3.68. The number of para-hydroxylation sites is 2. The molecule has 1 saturated carbocycles. The number of amides is 2. The normalized spacial score (nSPS) is 15.6. The molecule has 1 fully saturated rings. The predicted molar refractivity (Wildman–Crippen MR) is 105 cm³/mol. The van der Waals surface area contributed by atoms with Crippen molar-refractivity contribution in [1.29, 1.82) is 0 Å². The van der Waals surface area contributed by atoms with E-state index < -0.39 is 0 Å². The average Bonchev–Trinajstić information content (AvgIpc) is 3.47. The fourth-order valence-corrected chi connectivity index (χ4v) is 3.26. The molecule has 0 spiro atoms. The standard InChI is InChI=1S/C21H18N4O4/c26-18(11-25-16-6-1-2-7-17(16)28-12-19(25)27)22-15-5-3-4-14(10-15)20-23-21(29-24-20)13-8-9-13/h1-7,10,13H,8-9,11-12H2,(H,22,26). The van der Waals surface area contributed by atoms with Crippen LogP contribution in [0.2, 0.25) is 0 Å². The molecular formula is C21H18N4O4. The third-order valence-corrected chi connectivity index (χ3v) is 4.88. The molecule has 146 valence electrons. The van der Waals surface area contributed by atoms with Crippen LogP contribution in [0.5, 0.6) is 5.75 Å². The van der Waals surface area contributed by atoms with Crippen molar-refractivity contribution in [3.8, 4) is 17.1 Å². The van der Waals surface area contributed by atoms with Crippen LogP contribution >= 0.6 is 0 Å². The van der Waals surface area contributed by atoms with Gasteiger partial charge in [0.25, 0.3) is 5.91 Å². The number of nitrogens with one attached hydrogen (secondary N) is 1. The van der Waals surface area contributed by atoms with Gasteiger partial charge < -0.3 is 14.6 Å². The Kier molecular flexibility index (Phi) is 4.23. The van der Waals surface area contributed by atoms with Gasteiger partial charge in [-0.2, -0.15) is 4.98 Å². The Bertz CT molecular complexity index is 1090. The highest BCUT2D eigenvalue weighted by atomic mass is 16.5. The second kappa shape index (κ2) is 7.05. The van der Waals surface area contributed by atoms with Crippen molar-refractivity contribution in [2.75, 3.05) is 23.4 Å². The molecule has 5 rings (SSSR count). The van der Waals surface area contributed by atoms with Gasteiger partial charge in [0.15, 0.2) is 6.61 Å². The summed E-state index contributed by atoms with van der Waals surface area (Å²) >= 11 is 0. The topological polar surface area (TPSA) is 97.6 Å². The van der Waals surface area contributed by atoms with Gasteiger partial charge in [-0.25, -0.2) is 0 Å². The Balaban J connectivity index is 1.30. The summed E-state index contributed by atoms with van der Waals surface area (Å²) in [6, 6.07) is 14.4. The zero-order chi connectivity index (χ0) is 19.8. The minimum Gasteiger partial charge on any atom is -0.482 e. The molecule has 2 amide bonds. The molecule has 29 heavy (non-hydrogen) atoms. The quantitative estimate of drug-likeness (QED) is 0.719. The number of hydrogen-bond acceptors (Lipinski definition) is 6. The number of nitrogens with zero attached hydrogens (tertiary/aromatic N) is 3. The van der Waals surface area contributed by atoms with Gasteiger partial charge in [-0.15, -0.1) is 0 Å². The first-order valence-electron chi connectivity index (χ1n) is 9.43. The predicted octanol–water partition coefficient (Wildman–Crippen LogP) is 2.98. The minimum absolute atomic E-state index is 0.0824. The first-order chi connectivity index (χ1) is 14.2. The van der Waals surface area contributed by atoms with Gasteiger partial charge in [-0.05, 0) is 37.1 Å². The summed E-state index contributed by atoms with van der Waals surface area (Å²) in [4.78, 5) is 30.7. The number of hydrogen-bond donors (Lipinski definition) is 1. The van der Waals surface area contributed by atoms with Gasteiger partial charge in [0.2, 0.25) is 17.6 Å². The highest BCUT2D eigenvalue weighted by Gasteiger charge is 2.30. The SMILES string of the molecule is O=C(CN1C(=O)COc2ccccc21)Nc1cccc(-c2noc(C3CC3)n2)c1. The van der Waals surface area contributed by atoms with E-state index in [2.05, 4.69) is 15.5 Å². The maximum atomic E-state index is 12.6. The van der Waals surface area contributed by atoms with Crippen molar-refractivity contribution < 1.29 is 18.8 Å². The Morgan fingerprint density at radius 1 is 1.17 bits per heavy atom. The zero-order valence-corrected chi connectivity index (χ0v) is 15.5. The van der Waals surface area contributed by atoms with Crippen molar-refractivity contribution in [2.24, 2.45) is 0 Å². The van der Waals surface area contributed by atoms with Crippen LogP contribution in [0.15, 0.2) is 53.1 Å². The lowest BCUT2D eigenvalue weighted by Crippen LogP contribution is -2.43. The summed E-state index contributed by atoms with van der Waals surface area (Å²) in [5, 5.41) is 6.86. The van der Waals surface area contributed by atoms with Crippen molar-refractivity contribution in [2.45, 2.75) is 18.8 Å². The molecule has 8 nitrogen and oxygen atoms in total. The smallest absolute Gasteiger partial charge is 0.265 e. The highest BCUT2D eigenvalue weighted by Crippen LogP contribution is 2.39. The second-order valence-electron chi connectivity index (χ2n) is 7.10. The van der Waals surface area contributed by atoms with Gasteiger partial charge in [0.05, 0.1) is 5.69 Å². The molecule has 0 unspecified atom stereocenters. The van der Waals surface area contributed by atoms with E-state index in [0.717, 1.165) is 18.4 Å². The summed E-state index contributed by atoms with van der Waals surface area (Å²) in [6.45, 7) is -0.182. The van der Waals surface area contributed by atoms with E-state index in [1.807, 2.05) is 18.2 Å². The monoisotopic (exact) mass is 390 g/mol. The van der Waals surface area contributed by atoms with E-state index in [0.29, 0.717) is 34.8 Å². The molecule has 2 heterocycles. The third kappa shape index (κ3) is 3.56. The number of rotatable bonds is 5. The van der Waals surface area contributed by atoms with Gasteiger partial charge in [0.1, 0.15) is 12.3 Å². The Morgan fingerprint density at radius 3 is 2.90 bits per heavy atom. The molecule has 1 N–H and O–H groups in total. The van der Waals surface area contributed by atoms with Gasteiger partial charge in [-0.3, -0.25) is 14.5 Å². The fraction of sp³-hybridized carbons (Fsp3) is 0.238. The molecule has 1 aliphatic carbocycles. The molecule has 1 aliphatic heterocycles. The number of anilines is 2. The first-order valence-corrected chi connectivity index (χ1v) is 9.43. The van der Waals surface area contributed by atoms with Crippen LogP contribution in [-0.2, 0) is 9.59 Å². The van der Waals surface area contributed by atoms with E-state index in [1.54, 1.807) is 30.3 Å². The van der Waals surface area contributed by atoms with Crippen LogP contribution in [0.1, 0.15) is 24.7 Å². The van der Waals surface area contributed by atoms with Gasteiger partial charge >= 0.3 is 0 Å². The van der Waals surface area contributed by atoms with E-state index >= 15 is 0 Å². The molecule has 2 aliphatic rings. The zero-order valence-electron chi connectivity index (χ0n) is 15.5. The van der Waals surface area contributed by atoms with Crippen molar-refractivity contribution in [1.82, 2.24) is 10.1 Å². The lowest BCUT2D eigenvalue weighted by molar-refractivity contribution is -0.123. The van der Waals surface area contributed by atoms with E-state index in [1.165, 1.54) is 4.90 Å². The lowest BCUT2D eigenvalue weighted by atomic mass is 10.2. The summed E-state index contributed by atoms with van der Waals surface area (Å²) in [6.07, 6.45) is 2.17. The van der Waals surface area contributed by atoms with E-state index in [4.69, 9.17) is 9.26 Å². The molecule has 0 saturated heterocycles. The fourth-order valence-electron chi connectivity index (χ4n) is 3.26.